The van der Waals surface area contributed by atoms with E-state index in [9.17, 15) is 14.4 Å². The Morgan fingerprint density at radius 2 is 1.72 bits per heavy atom. The summed E-state index contributed by atoms with van der Waals surface area (Å²) < 4.78 is 2.78. The molecule has 2 aliphatic heterocycles. The molecule has 2 aromatic rings. The number of fused-ring (bicyclic) bond motifs is 2. The highest BCUT2D eigenvalue weighted by Gasteiger charge is 2.50. The third-order valence-corrected chi connectivity index (χ3v) is 7.03. The van der Waals surface area contributed by atoms with Crippen LogP contribution in [-0.2, 0) is 31.7 Å². The lowest BCUT2D eigenvalue weighted by Gasteiger charge is -2.45. The van der Waals surface area contributed by atoms with Gasteiger partial charge in [0.25, 0.3) is 5.56 Å². The van der Waals surface area contributed by atoms with E-state index in [1.165, 1.54) is 10.1 Å². The van der Waals surface area contributed by atoms with E-state index in [1.807, 2.05) is 18.2 Å². The number of ketones is 1. The molecule has 29 heavy (non-hydrogen) atoms. The Morgan fingerprint density at radius 1 is 0.966 bits per heavy atom. The number of rotatable bonds is 3. The average Bonchev–Trinajstić information content (AvgIpc) is 2.94. The van der Waals surface area contributed by atoms with Crippen molar-refractivity contribution in [2.75, 3.05) is 6.54 Å². The summed E-state index contributed by atoms with van der Waals surface area (Å²) in [6, 6.07) is 10.1. The van der Waals surface area contributed by atoms with Crippen molar-refractivity contribution in [2.24, 2.45) is 25.9 Å². The second kappa shape index (κ2) is 6.66. The third-order valence-electron chi connectivity index (χ3n) is 7.03. The minimum atomic E-state index is -0.323. The van der Waals surface area contributed by atoms with E-state index >= 15 is 0 Å². The monoisotopic (exact) mass is 391 g/mol. The molecular formula is C23H25N3O3. The lowest BCUT2D eigenvalue weighted by Crippen LogP contribution is -2.51. The van der Waals surface area contributed by atoms with Crippen molar-refractivity contribution in [3.8, 4) is 0 Å². The molecule has 4 atom stereocenters. The minimum Gasteiger partial charge on any atom is -0.300 e. The number of carbonyl (C=O) groups excluding carboxylic acids is 1. The molecule has 1 saturated heterocycles. The summed E-state index contributed by atoms with van der Waals surface area (Å²) in [5.41, 5.74) is 2.14. The van der Waals surface area contributed by atoms with Crippen molar-refractivity contribution in [3.63, 3.8) is 0 Å². The molecule has 0 radical (unpaired) electrons. The van der Waals surface area contributed by atoms with E-state index in [0.717, 1.165) is 18.7 Å². The van der Waals surface area contributed by atoms with Crippen LogP contribution in [0.4, 0.5) is 0 Å². The summed E-state index contributed by atoms with van der Waals surface area (Å²) in [4.78, 5) is 41.1. The maximum atomic E-state index is 13.2. The topological polar surface area (TPSA) is 64.3 Å². The number of hydrogen-bond donors (Lipinski definition) is 0. The first kappa shape index (κ1) is 18.3. The Morgan fingerprint density at radius 3 is 2.48 bits per heavy atom. The Balaban J connectivity index is 1.65. The lowest BCUT2D eigenvalue weighted by molar-refractivity contribution is -0.123. The van der Waals surface area contributed by atoms with Crippen molar-refractivity contribution in [1.82, 2.24) is 14.0 Å². The molecule has 1 fully saturated rings. The van der Waals surface area contributed by atoms with Gasteiger partial charge in [0.05, 0.1) is 5.56 Å². The second-order valence-corrected chi connectivity index (χ2v) is 8.50. The van der Waals surface area contributed by atoms with Crippen LogP contribution in [0.5, 0.6) is 0 Å². The molecule has 0 saturated carbocycles. The van der Waals surface area contributed by atoms with Gasteiger partial charge in [0.15, 0.2) is 0 Å². The molecule has 4 bridgehead atoms. The first-order chi connectivity index (χ1) is 14.0. The molecule has 0 N–H and O–H groups in total. The van der Waals surface area contributed by atoms with Gasteiger partial charge in [-0.15, -0.1) is 0 Å². The van der Waals surface area contributed by atoms with Gasteiger partial charge in [0.2, 0.25) is 0 Å². The van der Waals surface area contributed by atoms with Crippen LogP contribution in [0.25, 0.3) is 0 Å². The zero-order chi connectivity index (χ0) is 20.3. The van der Waals surface area contributed by atoms with Gasteiger partial charge in [-0.2, -0.15) is 0 Å². The number of benzene rings is 1. The molecule has 150 valence electrons. The van der Waals surface area contributed by atoms with Gasteiger partial charge < -0.3 is 4.57 Å². The molecule has 0 unspecified atom stereocenters. The highest BCUT2D eigenvalue weighted by Crippen LogP contribution is 2.48. The molecule has 1 aromatic carbocycles. The molecule has 6 rings (SSSR count). The smallest absolute Gasteiger partial charge is 0.300 e. The summed E-state index contributed by atoms with van der Waals surface area (Å²) in [7, 11) is 3.26. The predicted octanol–water partition coefficient (Wildman–Crippen LogP) is 1.37. The first-order valence-electron chi connectivity index (χ1n) is 10.3. The lowest BCUT2D eigenvalue weighted by atomic mass is 9.72. The van der Waals surface area contributed by atoms with Crippen molar-refractivity contribution in [2.45, 2.75) is 31.3 Å². The maximum Gasteiger partial charge on any atom is 0.330 e. The van der Waals surface area contributed by atoms with Crippen LogP contribution >= 0.6 is 0 Å². The van der Waals surface area contributed by atoms with Crippen molar-refractivity contribution < 1.29 is 4.79 Å². The highest BCUT2D eigenvalue weighted by molar-refractivity contribution is 5.84. The highest BCUT2D eigenvalue weighted by atomic mass is 16.2. The van der Waals surface area contributed by atoms with E-state index in [-0.39, 0.29) is 41.0 Å². The Hall–Kier alpha value is -2.73. The van der Waals surface area contributed by atoms with E-state index in [4.69, 9.17) is 0 Å². The summed E-state index contributed by atoms with van der Waals surface area (Å²) in [5, 5.41) is 0. The van der Waals surface area contributed by atoms with Crippen molar-refractivity contribution >= 4 is 5.78 Å². The fraction of sp³-hybridized carbons (Fsp3) is 0.435. The molecule has 0 spiro atoms. The van der Waals surface area contributed by atoms with Crippen molar-refractivity contribution in [1.29, 1.82) is 0 Å². The fourth-order valence-corrected chi connectivity index (χ4v) is 5.49. The molecule has 4 aliphatic rings. The minimum absolute atomic E-state index is 0.00488. The number of carbonyl (C=O) groups is 1. The SMILES string of the molecule is Cn1c2c(c(=O)n(C)c1=O)[C@H]1[C@@H]3C=C[C@@H](CC(=O)[C@@H]3C2)N1CCc1ccccc1. The molecular weight excluding hydrogens is 366 g/mol. The number of hydrogen-bond acceptors (Lipinski definition) is 4. The van der Waals surface area contributed by atoms with E-state index in [2.05, 4.69) is 29.2 Å². The summed E-state index contributed by atoms with van der Waals surface area (Å²) in [6.45, 7) is 0.769. The summed E-state index contributed by atoms with van der Waals surface area (Å²) >= 11 is 0. The quantitative estimate of drug-likeness (QED) is 0.742. The first-order valence-corrected chi connectivity index (χ1v) is 10.3. The number of aromatic nitrogens is 2. The van der Waals surface area contributed by atoms with Gasteiger partial charge in [-0.1, -0.05) is 42.5 Å². The van der Waals surface area contributed by atoms with Gasteiger partial charge in [0.1, 0.15) is 5.78 Å². The zero-order valence-electron chi connectivity index (χ0n) is 16.7. The zero-order valence-corrected chi connectivity index (χ0v) is 16.7. The molecule has 1 aromatic heterocycles. The molecule has 6 nitrogen and oxygen atoms in total. The largest absolute Gasteiger partial charge is 0.330 e. The van der Waals surface area contributed by atoms with Gasteiger partial charge in [-0.05, 0) is 18.4 Å². The van der Waals surface area contributed by atoms with Gasteiger partial charge in [-0.3, -0.25) is 19.1 Å². The predicted molar refractivity (Wildman–Crippen MR) is 110 cm³/mol. The van der Waals surface area contributed by atoms with Gasteiger partial charge in [-0.25, -0.2) is 4.79 Å². The Labute approximate surface area is 169 Å². The summed E-state index contributed by atoms with van der Waals surface area (Å²) in [6.07, 6.45) is 6.11. The van der Waals surface area contributed by atoms with Gasteiger partial charge in [0, 0.05) is 56.7 Å². The standard InChI is InChI=1S/C23H25N3O3/c1-24-18-13-17-16-9-8-15(12-19(17)27)26(11-10-14-6-4-3-5-7-14)21(16)20(18)22(28)25(2)23(24)29/h3-9,15-17,21H,10-13H2,1-2H3/t15-,16+,17+,21+/m0/s1. The Bertz CT molecular complexity index is 1130. The normalized spacial score (nSPS) is 27.7. The van der Waals surface area contributed by atoms with E-state index in [0.29, 0.717) is 18.4 Å². The van der Waals surface area contributed by atoms with Crippen LogP contribution in [0.2, 0.25) is 0 Å². The van der Waals surface area contributed by atoms with Crippen molar-refractivity contribution in [3.05, 3.63) is 80.1 Å². The third kappa shape index (κ3) is 2.69. The van der Waals surface area contributed by atoms with Crippen LogP contribution in [0.1, 0.15) is 29.3 Å². The van der Waals surface area contributed by atoms with Crippen LogP contribution in [0.3, 0.4) is 0 Å². The molecule has 3 heterocycles. The average molecular weight is 391 g/mol. The van der Waals surface area contributed by atoms with E-state index in [1.54, 1.807) is 18.7 Å². The Kier molecular flexibility index (Phi) is 4.21. The molecule has 6 heteroatoms. The fourth-order valence-electron chi connectivity index (χ4n) is 5.49. The maximum absolute atomic E-state index is 13.2. The molecule has 0 amide bonds. The number of Topliss-reactive ketones (excluding diaryl/α,β-unsaturated/α-hetero) is 1. The van der Waals surface area contributed by atoms with Gasteiger partial charge >= 0.3 is 5.69 Å². The molecule has 2 aliphatic carbocycles. The van der Waals surface area contributed by atoms with Crippen LogP contribution < -0.4 is 11.2 Å². The van der Waals surface area contributed by atoms with Crippen LogP contribution in [0, 0.1) is 11.8 Å². The van der Waals surface area contributed by atoms with E-state index < -0.39 is 0 Å². The summed E-state index contributed by atoms with van der Waals surface area (Å²) in [5.74, 6) is 0.0823. The van der Waals surface area contributed by atoms with Crippen LogP contribution in [0.15, 0.2) is 52.1 Å². The number of nitrogens with zero attached hydrogens (tertiary/aromatic N) is 3. The second-order valence-electron chi connectivity index (χ2n) is 8.50. The van der Waals surface area contributed by atoms with Crippen LogP contribution in [-0.4, -0.2) is 32.4 Å².